The lowest BCUT2D eigenvalue weighted by atomic mass is 10.3. The van der Waals surface area contributed by atoms with Crippen LogP contribution in [0.4, 0.5) is 0 Å². The molecule has 1 aliphatic heterocycles. The molecule has 0 bridgehead atoms. The second-order valence-corrected chi connectivity index (χ2v) is 8.55. The third-order valence-corrected chi connectivity index (χ3v) is 6.52. The summed E-state index contributed by atoms with van der Waals surface area (Å²) < 4.78 is 31.3. The lowest BCUT2D eigenvalue weighted by Gasteiger charge is -2.35. The molecule has 1 aromatic heterocycles. The molecule has 0 aliphatic carbocycles. The minimum absolute atomic E-state index is 0.0829. The lowest BCUT2D eigenvalue weighted by Crippen LogP contribution is -2.57. The van der Waals surface area contributed by atoms with Gasteiger partial charge in [-0.2, -0.15) is 0 Å². The molecule has 0 saturated carbocycles. The Hall–Kier alpha value is -3.14. The Kier molecular flexibility index (Phi) is 6.02. The minimum Gasteiger partial charge on any atom is -0.459 e. The van der Waals surface area contributed by atoms with Crippen molar-refractivity contribution in [3.8, 4) is 0 Å². The van der Waals surface area contributed by atoms with E-state index in [9.17, 15) is 22.8 Å². The third-order valence-electron chi connectivity index (χ3n) is 4.65. The van der Waals surface area contributed by atoms with Gasteiger partial charge in [-0.05, 0) is 24.3 Å². The summed E-state index contributed by atoms with van der Waals surface area (Å²) in [6, 6.07) is 10.3. The van der Waals surface area contributed by atoms with Gasteiger partial charge in [0.15, 0.2) is 5.76 Å². The quantitative estimate of drug-likeness (QED) is 0.754. The van der Waals surface area contributed by atoms with Gasteiger partial charge in [0.25, 0.3) is 11.8 Å². The smallest absolute Gasteiger partial charge is 0.288 e. The van der Waals surface area contributed by atoms with Crippen LogP contribution < -0.4 is 5.32 Å². The van der Waals surface area contributed by atoms with Crippen LogP contribution in [0.5, 0.6) is 0 Å². The van der Waals surface area contributed by atoms with Crippen LogP contribution in [0.15, 0.2) is 58.0 Å². The number of benzene rings is 1. The molecule has 10 heteroatoms. The zero-order valence-electron chi connectivity index (χ0n) is 15.8. The maximum absolute atomic E-state index is 13.1. The van der Waals surface area contributed by atoms with Crippen LogP contribution in [-0.2, 0) is 19.4 Å². The first-order valence-electron chi connectivity index (χ1n) is 8.98. The Morgan fingerprint density at radius 2 is 1.59 bits per heavy atom. The maximum atomic E-state index is 13.1. The van der Waals surface area contributed by atoms with Crippen molar-refractivity contribution in [2.75, 3.05) is 26.2 Å². The molecule has 3 rings (SSSR count). The Bertz CT molecular complexity index is 980. The number of carbonyl (C=O) groups is 3. The van der Waals surface area contributed by atoms with E-state index in [0.717, 1.165) is 0 Å². The topological polar surface area (TPSA) is 117 Å². The fourth-order valence-corrected chi connectivity index (χ4v) is 4.51. The number of nitrogens with zero attached hydrogens (tertiary/aromatic N) is 2. The van der Waals surface area contributed by atoms with E-state index in [-0.39, 0.29) is 29.7 Å². The fourth-order valence-electron chi connectivity index (χ4n) is 3.02. The van der Waals surface area contributed by atoms with Crippen LogP contribution in [-0.4, -0.2) is 67.5 Å². The summed E-state index contributed by atoms with van der Waals surface area (Å²) in [6.45, 7) is 2.38. The normalized spacial score (nSPS) is 15.6. The molecule has 1 N–H and O–H groups in total. The van der Waals surface area contributed by atoms with E-state index in [1.54, 1.807) is 11.0 Å². The number of rotatable bonds is 5. The molecule has 154 valence electrons. The number of nitrogens with one attached hydrogen (secondary N) is 1. The molecule has 1 atom stereocenters. The molecule has 9 nitrogen and oxygen atoms in total. The molecule has 1 fully saturated rings. The molecule has 3 amide bonds. The predicted molar refractivity (Wildman–Crippen MR) is 102 cm³/mol. The highest BCUT2D eigenvalue weighted by molar-refractivity contribution is 7.92. The lowest BCUT2D eigenvalue weighted by molar-refractivity contribution is -0.138. The van der Waals surface area contributed by atoms with Crippen molar-refractivity contribution in [3.05, 3.63) is 54.5 Å². The molecular formula is C19H21N3O6S. The Morgan fingerprint density at radius 3 is 2.14 bits per heavy atom. The molecule has 0 radical (unpaired) electrons. The van der Waals surface area contributed by atoms with E-state index in [4.69, 9.17) is 4.42 Å². The number of carbonyl (C=O) groups excluding carboxylic acids is 3. The second-order valence-electron chi connectivity index (χ2n) is 6.52. The van der Waals surface area contributed by atoms with Gasteiger partial charge in [0, 0.05) is 33.1 Å². The van der Waals surface area contributed by atoms with Crippen LogP contribution in [0.1, 0.15) is 17.5 Å². The largest absolute Gasteiger partial charge is 0.459 e. The van der Waals surface area contributed by atoms with Crippen LogP contribution in [0.25, 0.3) is 0 Å². The number of furan rings is 1. The van der Waals surface area contributed by atoms with Gasteiger partial charge >= 0.3 is 0 Å². The van der Waals surface area contributed by atoms with Gasteiger partial charge in [0.2, 0.25) is 21.1 Å². The molecule has 1 aliphatic rings. The van der Waals surface area contributed by atoms with E-state index in [2.05, 4.69) is 5.32 Å². The van der Waals surface area contributed by atoms with Gasteiger partial charge in [-0.25, -0.2) is 8.42 Å². The van der Waals surface area contributed by atoms with Gasteiger partial charge in [0.1, 0.15) is 0 Å². The highest BCUT2D eigenvalue weighted by atomic mass is 32.2. The first-order valence-corrected chi connectivity index (χ1v) is 10.5. The van der Waals surface area contributed by atoms with E-state index >= 15 is 0 Å². The molecule has 29 heavy (non-hydrogen) atoms. The standard InChI is InChI=1S/C19H21N3O6S/c1-14(23)21-9-11-22(12-10-21)19(25)18(20-17(24)16-8-5-13-28-16)29(26,27)15-6-3-2-4-7-15/h2-8,13,18H,9-12H2,1H3,(H,20,24). The second kappa shape index (κ2) is 8.48. The maximum Gasteiger partial charge on any atom is 0.288 e. The summed E-state index contributed by atoms with van der Waals surface area (Å²) in [6.07, 6.45) is 1.28. The molecule has 1 unspecified atom stereocenters. The van der Waals surface area contributed by atoms with Crippen molar-refractivity contribution in [1.29, 1.82) is 0 Å². The summed E-state index contributed by atoms with van der Waals surface area (Å²) >= 11 is 0. The van der Waals surface area contributed by atoms with Crippen LogP contribution in [0.3, 0.4) is 0 Å². The monoisotopic (exact) mass is 419 g/mol. The Labute approximate surface area is 168 Å². The minimum atomic E-state index is -4.21. The van der Waals surface area contributed by atoms with E-state index < -0.39 is 27.0 Å². The van der Waals surface area contributed by atoms with E-state index in [0.29, 0.717) is 13.1 Å². The van der Waals surface area contributed by atoms with Crippen molar-refractivity contribution in [2.45, 2.75) is 17.2 Å². The van der Waals surface area contributed by atoms with Crippen LogP contribution in [0, 0.1) is 0 Å². The van der Waals surface area contributed by atoms with Crippen LogP contribution in [0.2, 0.25) is 0 Å². The Balaban J connectivity index is 1.87. The first-order chi connectivity index (χ1) is 13.8. The molecule has 0 spiro atoms. The van der Waals surface area contributed by atoms with Crippen molar-refractivity contribution in [2.24, 2.45) is 0 Å². The van der Waals surface area contributed by atoms with Gasteiger partial charge in [0.05, 0.1) is 11.2 Å². The fraction of sp³-hybridized carbons (Fsp3) is 0.316. The highest BCUT2D eigenvalue weighted by Gasteiger charge is 2.39. The summed E-state index contributed by atoms with van der Waals surface area (Å²) in [5.41, 5.74) is 0. The molecule has 2 aromatic rings. The zero-order chi connectivity index (χ0) is 21.0. The average Bonchev–Trinajstić information content (AvgIpc) is 3.27. The summed E-state index contributed by atoms with van der Waals surface area (Å²) in [4.78, 5) is 39.8. The molecule has 1 saturated heterocycles. The Morgan fingerprint density at radius 1 is 0.966 bits per heavy atom. The SMILES string of the molecule is CC(=O)N1CCN(C(=O)C(NC(=O)c2ccco2)S(=O)(=O)c2ccccc2)CC1. The number of amides is 3. The molecular weight excluding hydrogens is 398 g/mol. The van der Waals surface area contributed by atoms with Crippen molar-refractivity contribution in [3.63, 3.8) is 0 Å². The van der Waals surface area contributed by atoms with Crippen molar-refractivity contribution >= 4 is 27.6 Å². The number of hydrogen-bond donors (Lipinski definition) is 1. The molecule has 1 aromatic carbocycles. The number of hydrogen-bond acceptors (Lipinski definition) is 6. The average molecular weight is 419 g/mol. The number of sulfone groups is 1. The number of piperazine rings is 1. The predicted octanol–water partition coefficient (Wildman–Crippen LogP) is 0.500. The van der Waals surface area contributed by atoms with Gasteiger partial charge in [-0.15, -0.1) is 0 Å². The zero-order valence-corrected chi connectivity index (χ0v) is 16.6. The van der Waals surface area contributed by atoms with Crippen LogP contribution >= 0.6 is 0 Å². The summed E-state index contributed by atoms with van der Waals surface area (Å²) in [5.74, 6) is -1.78. The van der Waals surface area contributed by atoms with Gasteiger partial charge < -0.3 is 19.5 Å². The van der Waals surface area contributed by atoms with Crippen molar-refractivity contribution in [1.82, 2.24) is 15.1 Å². The highest BCUT2D eigenvalue weighted by Crippen LogP contribution is 2.18. The van der Waals surface area contributed by atoms with Gasteiger partial charge in [-0.3, -0.25) is 14.4 Å². The molecule has 2 heterocycles. The summed E-state index contributed by atoms with van der Waals surface area (Å²) in [5, 5.41) is 0.483. The van der Waals surface area contributed by atoms with Crippen molar-refractivity contribution < 1.29 is 27.2 Å². The van der Waals surface area contributed by atoms with Gasteiger partial charge in [-0.1, -0.05) is 18.2 Å². The third kappa shape index (κ3) is 4.48. The first kappa shape index (κ1) is 20.6. The van der Waals surface area contributed by atoms with E-state index in [1.807, 2.05) is 0 Å². The van der Waals surface area contributed by atoms with E-state index in [1.165, 1.54) is 54.5 Å². The summed E-state index contributed by atoms with van der Waals surface area (Å²) in [7, 11) is -4.21.